The van der Waals surface area contributed by atoms with Gasteiger partial charge in [0.05, 0.1) is 6.04 Å². The molecule has 0 aliphatic rings. The lowest BCUT2D eigenvalue weighted by molar-refractivity contribution is -0.143. The molecule has 12 nitrogen and oxygen atoms in total. The van der Waals surface area contributed by atoms with Crippen LogP contribution in [0.1, 0.15) is 52.5 Å². The molecule has 5 atom stereocenters. The van der Waals surface area contributed by atoms with E-state index in [4.69, 9.17) is 10.8 Å². The second kappa shape index (κ2) is 14.3. The third kappa shape index (κ3) is 8.81. The van der Waals surface area contributed by atoms with Crippen LogP contribution >= 0.6 is 0 Å². The van der Waals surface area contributed by atoms with Crippen LogP contribution in [-0.2, 0) is 30.4 Å². The molecule has 5 unspecified atom stereocenters. The molecule has 0 radical (unpaired) electrons. The van der Waals surface area contributed by atoms with Crippen molar-refractivity contribution in [3.8, 4) is 0 Å². The van der Waals surface area contributed by atoms with E-state index in [1.807, 2.05) is 38.1 Å². The minimum absolute atomic E-state index is 0.0388. The first-order valence-electron chi connectivity index (χ1n) is 13.0. The molecular formula is C27H39N5O7. The van der Waals surface area contributed by atoms with Crippen LogP contribution in [-0.4, -0.2) is 69.0 Å². The summed E-state index contributed by atoms with van der Waals surface area (Å²) in [5.74, 6) is -5.05. The van der Waals surface area contributed by atoms with E-state index in [0.717, 1.165) is 10.9 Å². The molecule has 0 saturated heterocycles. The molecule has 2 rings (SSSR count). The standard InChI is InChI=1S/C27H39N5O7/c1-5-15(4)22(28)25(36)32-23(14(2)3)26(37)30-19(10-11-21(33)34)24(35)31-20(27(38)39)12-16-13-29-18-9-7-6-8-17(16)18/h6-9,13-15,19-20,22-23,29H,5,10-12,28H2,1-4H3,(H,30,37)(H,31,35)(H,32,36)(H,33,34)(H,38,39). The Morgan fingerprint density at radius 3 is 2.15 bits per heavy atom. The van der Waals surface area contributed by atoms with Crippen molar-refractivity contribution in [3.63, 3.8) is 0 Å². The van der Waals surface area contributed by atoms with E-state index in [1.165, 1.54) is 0 Å². The summed E-state index contributed by atoms with van der Waals surface area (Å²) in [6.07, 6.45) is 1.56. The predicted molar refractivity (Wildman–Crippen MR) is 145 cm³/mol. The highest BCUT2D eigenvalue weighted by Gasteiger charge is 2.32. The number of aromatic nitrogens is 1. The lowest BCUT2D eigenvalue weighted by Gasteiger charge is -2.27. The first kappa shape index (κ1) is 31.3. The number of para-hydroxylation sites is 1. The number of hydrogen-bond acceptors (Lipinski definition) is 6. The maximum absolute atomic E-state index is 13.2. The number of aromatic amines is 1. The van der Waals surface area contributed by atoms with E-state index in [1.54, 1.807) is 20.0 Å². The van der Waals surface area contributed by atoms with Gasteiger partial charge in [0.15, 0.2) is 0 Å². The summed E-state index contributed by atoms with van der Waals surface area (Å²) in [4.78, 5) is 65.2. The number of nitrogens with two attached hydrogens (primary N) is 1. The molecule has 1 aromatic carbocycles. The summed E-state index contributed by atoms with van der Waals surface area (Å²) in [5, 5.41) is 27.3. The van der Waals surface area contributed by atoms with Gasteiger partial charge in [-0.25, -0.2) is 4.79 Å². The van der Waals surface area contributed by atoms with Crippen molar-refractivity contribution < 1.29 is 34.2 Å². The lowest BCUT2D eigenvalue weighted by Crippen LogP contribution is -2.59. The van der Waals surface area contributed by atoms with Crippen molar-refractivity contribution in [1.29, 1.82) is 0 Å². The Labute approximate surface area is 227 Å². The molecule has 0 bridgehead atoms. The van der Waals surface area contributed by atoms with Crippen LogP contribution in [0.4, 0.5) is 0 Å². The normalized spacial score (nSPS) is 15.1. The average Bonchev–Trinajstić information content (AvgIpc) is 3.30. The Balaban J connectivity index is 2.19. The molecule has 12 heteroatoms. The van der Waals surface area contributed by atoms with Gasteiger partial charge in [-0.15, -0.1) is 0 Å². The van der Waals surface area contributed by atoms with Gasteiger partial charge in [0.1, 0.15) is 18.1 Å². The molecular weight excluding hydrogens is 506 g/mol. The number of rotatable bonds is 15. The Hall–Kier alpha value is -3.93. The monoisotopic (exact) mass is 545 g/mol. The summed E-state index contributed by atoms with van der Waals surface area (Å²) in [7, 11) is 0. The van der Waals surface area contributed by atoms with Crippen molar-refractivity contribution in [2.45, 2.75) is 77.5 Å². The molecule has 0 aliphatic carbocycles. The summed E-state index contributed by atoms with van der Waals surface area (Å²) in [6, 6.07) is 2.74. The highest BCUT2D eigenvalue weighted by Crippen LogP contribution is 2.19. The number of fused-ring (bicyclic) bond motifs is 1. The average molecular weight is 546 g/mol. The Kier molecular flexibility index (Phi) is 11.5. The van der Waals surface area contributed by atoms with Crippen LogP contribution in [0.2, 0.25) is 0 Å². The van der Waals surface area contributed by atoms with Gasteiger partial charge in [-0.05, 0) is 29.9 Å². The minimum Gasteiger partial charge on any atom is -0.481 e. The van der Waals surface area contributed by atoms with Gasteiger partial charge in [-0.2, -0.15) is 0 Å². The number of amides is 3. The van der Waals surface area contributed by atoms with E-state index in [-0.39, 0.29) is 24.7 Å². The van der Waals surface area contributed by atoms with Gasteiger partial charge in [-0.1, -0.05) is 52.3 Å². The van der Waals surface area contributed by atoms with Crippen molar-refractivity contribution in [2.75, 3.05) is 0 Å². The fourth-order valence-electron chi connectivity index (χ4n) is 4.09. The second-order valence-electron chi connectivity index (χ2n) is 10.1. The highest BCUT2D eigenvalue weighted by molar-refractivity contribution is 5.94. The number of hydrogen-bond donors (Lipinski definition) is 7. The topological polar surface area (TPSA) is 204 Å². The van der Waals surface area contributed by atoms with E-state index < -0.39 is 60.2 Å². The Bertz CT molecular complexity index is 1180. The van der Waals surface area contributed by atoms with Gasteiger partial charge < -0.3 is 36.9 Å². The summed E-state index contributed by atoms with van der Waals surface area (Å²) < 4.78 is 0. The first-order chi connectivity index (χ1) is 18.3. The molecule has 0 aliphatic heterocycles. The number of aliphatic carboxylic acids is 2. The van der Waals surface area contributed by atoms with Crippen molar-refractivity contribution in [2.24, 2.45) is 17.6 Å². The van der Waals surface area contributed by atoms with Gasteiger partial charge >= 0.3 is 11.9 Å². The van der Waals surface area contributed by atoms with Gasteiger partial charge in [-0.3, -0.25) is 19.2 Å². The molecule has 0 saturated carbocycles. The zero-order valence-electron chi connectivity index (χ0n) is 22.7. The maximum atomic E-state index is 13.2. The first-order valence-corrected chi connectivity index (χ1v) is 13.0. The van der Waals surface area contributed by atoms with Crippen LogP contribution in [0.3, 0.4) is 0 Å². The van der Waals surface area contributed by atoms with Crippen LogP contribution in [0, 0.1) is 11.8 Å². The van der Waals surface area contributed by atoms with E-state index in [0.29, 0.717) is 12.0 Å². The van der Waals surface area contributed by atoms with E-state index in [9.17, 15) is 29.1 Å². The smallest absolute Gasteiger partial charge is 0.326 e. The van der Waals surface area contributed by atoms with Crippen LogP contribution < -0.4 is 21.7 Å². The van der Waals surface area contributed by atoms with E-state index in [2.05, 4.69) is 20.9 Å². The van der Waals surface area contributed by atoms with E-state index >= 15 is 0 Å². The number of carbonyl (C=O) groups excluding carboxylic acids is 3. The van der Waals surface area contributed by atoms with Gasteiger partial charge in [0.2, 0.25) is 17.7 Å². The molecule has 8 N–H and O–H groups in total. The molecule has 1 heterocycles. The fourth-order valence-corrected chi connectivity index (χ4v) is 4.09. The van der Waals surface area contributed by atoms with Crippen LogP contribution in [0.5, 0.6) is 0 Å². The number of carbonyl (C=O) groups is 5. The predicted octanol–water partition coefficient (Wildman–Crippen LogP) is 1.14. The number of H-pyrrole nitrogens is 1. The number of benzene rings is 1. The SMILES string of the molecule is CCC(C)C(N)C(=O)NC(C(=O)NC(CCC(=O)O)C(=O)NC(Cc1c[nH]c2ccccc12)C(=O)O)C(C)C. The van der Waals surface area contributed by atoms with Crippen molar-refractivity contribution >= 4 is 40.6 Å². The quantitative estimate of drug-likeness (QED) is 0.172. The number of carboxylic acids is 2. The highest BCUT2D eigenvalue weighted by atomic mass is 16.4. The zero-order chi connectivity index (χ0) is 29.3. The Morgan fingerprint density at radius 2 is 1.56 bits per heavy atom. The molecule has 3 amide bonds. The molecule has 0 spiro atoms. The van der Waals surface area contributed by atoms with Crippen molar-refractivity contribution in [3.05, 3.63) is 36.0 Å². The van der Waals surface area contributed by atoms with Crippen LogP contribution in [0.15, 0.2) is 30.5 Å². The number of nitrogens with one attached hydrogen (secondary N) is 4. The minimum atomic E-state index is -1.35. The molecule has 2 aromatic rings. The van der Waals surface area contributed by atoms with Crippen LogP contribution in [0.25, 0.3) is 10.9 Å². The molecule has 0 fully saturated rings. The third-order valence-corrected chi connectivity index (χ3v) is 6.80. The Morgan fingerprint density at radius 1 is 0.923 bits per heavy atom. The summed E-state index contributed by atoms with van der Waals surface area (Å²) in [6.45, 7) is 7.11. The maximum Gasteiger partial charge on any atom is 0.326 e. The van der Waals surface area contributed by atoms with Gasteiger partial charge in [0, 0.05) is 29.9 Å². The largest absolute Gasteiger partial charge is 0.481 e. The zero-order valence-corrected chi connectivity index (χ0v) is 22.7. The second-order valence-corrected chi connectivity index (χ2v) is 10.1. The summed E-state index contributed by atoms with van der Waals surface area (Å²) >= 11 is 0. The van der Waals surface area contributed by atoms with Crippen molar-refractivity contribution in [1.82, 2.24) is 20.9 Å². The molecule has 214 valence electrons. The summed E-state index contributed by atoms with van der Waals surface area (Å²) in [5.41, 5.74) is 7.47. The molecule has 1 aromatic heterocycles. The third-order valence-electron chi connectivity index (χ3n) is 6.80. The number of carboxylic acid groups (broad SMARTS) is 2. The van der Waals surface area contributed by atoms with Gasteiger partial charge in [0.25, 0.3) is 0 Å². The lowest BCUT2D eigenvalue weighted by atomic mass is 9.97. The molecule has 39 heavy (non-hydrogen) atoms. The fraction of sp³-hybridized carbons (Fsp3) is 0.519.